The summed E-state index contributed by atoms with van der Waals surface area (Å²) in [5, 5.41) is 23.4. The van der Waals surface area contributed by atoms with Crippen LogP contribution in [0.25, 0.3) is 0 Å². The third-order valence-corrected chi connectivity index (χ3v) is 14.5. The second-order valence-corrected chi connectivity index (χ2v) is 21.4. The quantitative estimate of drug-likeness (QED) is 0.0321. The van der Waals surface area contributed by atoms with E-state index in [4.69, 9.17) is 4.74 Å². The van der Waals surface area contributed by atoms with Gasteiger partial charge in [-0.05, 0) is 77.0 Å². The van der Waals surface area contributed by atoms with Crippen LogP contribution >= 0.6 is 0 Å². The van der Waals surface area contributed by atoms with Crippen molar-refractivity contribution in [3.05, 3.63) is 24.3 Å². The van der Waals surface area contributed by atoms with Crippen LogP contribution in [0.2, 0.25) is 0 Å². The molecule has 408 valence electrons. The van der Waals surface area contributed by atoms with Gasteiger partial charge in [-0.3, -0.25) is 9.59 Å². The number of hydrogen-bond donors (Lipinski definition) is 3. The lowest BCUT2D eigenvalue weighted by molar-refractivity contribution is -0.143. The fourth-order valence-electron chi connectivity index (χ4n) is 9.69. The van der Waals surface area contributed by atoms with Crippen LogP contribution in [0.3, 0.4) is 0 Å². The molecule has 0 aliphatic heterocycles. The van der Waals surface area contributed by atoms with Gasteiger partial charge in [-0.1, -0.05) is 276 Å². The third-order valence-electron chi connectivity index (χ3n) is 14.5. The van der Waals surface area contributed by atoms with Gasteiger partial charge in [0.05, 0.1) is 25.4 Å². The van der Waals surface area contributed by atoms with Crippen molar-refractivity contribution in [1.29, 1.82) is 0 Å². The molecule has 1 amide bonds. The predicted octanol–water partition coefficient (Wildman–Crippen LogP) is 19.4. The first-order chi connectivity index (χ1) is 34.0. The smallest absolute Gasteiger partial charge is 0.305 e. The van der Waals surface area contributed by atoms with Gasteiger partial charge in [0, 0.05) is 12.8 Å². The second-order valence-electron chi connectivity index (χ2n) is 21.4. The lowest BCUT2D eigenvalue weighted by Gasteiger charge is -2.22. The van der Waals surface area contributed by atoms with Gasteiger partial charge >= 0.3 is 5.97 Å². The molecule has 0 saturated carbocycles. The minimum atomic E-state index is -0.676. The molecule has 2 unspecified atom stereocenters. The molecule has 0 bridgehead atoms. The van der Waals surface area contributed by atoms with Crippen LogP contribution in [-0.4, -0.2) is 47.4 Å². The van der Waals surface area contributed by atoms with E-state index in [1.54, 1.807) is 0 Å². The third kappa shape index (κ3) is 55.5. The molecule has 0 heterocycles. The van der Waals surface area contributed by atoms with Crippen molar-refractivity contribution in [2.45, 2.75) is 353 Å². The van der Waals surface area contributed by atoms with Gasteiger partial charge in [0.15, 0.2) is 0 Å². The largest absolute Gasteiger partial charge is 0.466 e. The summed E-state index contributed by atoms with van der Waals surface area (Å²) in [6, 6.07) is -0.554. The molecule has 69 heavy (non-hydrogen) atoms. The Morgan fingerprint density at radius 2 is 0.681 bits per heavy atom. The molecule has 0 rings (SSSR count). The number of carbonyl (C=O) groups is 2. The Bertz CT molecular complexity index is 1080. The highest BCUT2D eigenvalue weighted by Crippen LogP contribution is 2.18. The van der Waals surface area contributed by atoms with E-state index < -0.39 is 12.1 Å². The molecular weight excluding hydrogens is 851 g/mol. The molecule has 2 atom stereocenters. The van der Waals surface area contributed by atoms with Gasteiger partial charge in [-0.2, -0.15) is 0 Å². The van der Waals surface area contributed by atoms with Gasteiger partial charge in [-0.15, -0.1) is 0 Å². The normalized spacial score (nSPS) is 12.7. The summed E-state index contributed by atoms with van der Waals surface area (Å²) < 4.78 is 5.45. The van der Waals surface area contributed by atoms with Gasteiger partial charge in [0.1, 0.15) is 0 Å². The van der Waals surface area contributed by atoms with Gasteiger partial charge in [-0.25, -0.2) is 0 Å². The Labute approximate surface area is 431 Å². The maximum Gasteiger partial charge on any atom is 0.305 e. The van der Waals surface area contributed by atoms with E-state index in [9.17, 15) is 19.8 Å². The van der Waals surface area contributed by atoms with Crippen molar-refractivity contribution in [3.8, 4) is 0 Å². The maximum absolute atomic E-state index is 12.5. The van der Waals surface area contributed by atoms with Crippen molar-refractivity contribution in [1.82, 2.24) is 5.32 Å². The van der Waals surface area contributed by atoms with E-state index in [0.29, 0.717) is 25.9 Å². The van der Waals surface area contributed by atoms with Crippen LogP contribution in [0.1, 0.15) is 341 Å². The van der Waals surface area contributed by atoms with Crippen LogP contribution in [0.5, 0.6) is 0 Å². The number of aliphatic hydroxyl groups is 2. The number of aliphatic hydroxyl groups excluding tert-OH is 2. The Balaban J connectivity index is 3.46. The van der Waals surface area contributed by atoms with Crippen LogP contribution in [-0.2, 0) is 14.3 Å². The molecule has 0 saturated heterocycles. The van der Waals surface area contributed by atoms with Crippen molar-refractivity contribution >= 4 is 11.9 Å². The van der Waals surface area contributed by atoms with E-state index >= 15 is 0 Å². The van der Waals surface area contributed by atoms with Gasteiger partial charge in [0.2, 0.25) is 5.91 Å². The fourth-order valence-corrected chi connectivity index (χ4v) is 9.69. The Hall–Kier alpha value is -1.66. The monoisotopic (exact) mass is 972 g/mol. The number of amides is 1. The van der Waals surface area contributed by atoms with Gasteiger partial charge < -0.3 is 20.3 Å². The predicted molar refractivity (Wildman–Crippen MR) is 301 cm³/mol. The van der Waals surface area contributed by atoms with Crippen LogP contribution in [0.4, 0.5) is 0 Å². The average Bonchev–Trinajstić information content (AvgIpc) is 3.35. The molecule has 0 fully saturated rings. The molecule has 3 N–H and O–H groups in total. The number of allylic oxidation sites excluding steroid dienone is 4. The van der Waals surface area contributed by atoms with E-state index in [1.165, 1.54) is 238 Å². The summed E-state index contributed by atoms with van der Waals surface area (Å²) in [5.41, 5.74) is 0. The molecule has 0 spiro atoms. The Morgan fingerprint density at radius 3 is 1.04 bits per heavy atom. The number of unbranched alkanes of at least 4 members (excludes halogenated alkanes) is 43. The summed E-state index contributed by atoms with van der Waals surface area (Å²) in [5.74, 6) is -0.0655. The highest BCUT2D eigenvalue weighted by atomic mass is 16.5. The Morgan fingerprint density at radius 1 is 0.391 bits per heavy atom. The van der Waals surface area contributed by atoms with Crippen LogP contribution in [0.15, 0.2) is 24.3 Å². The summed E-state index contributed by atoms with van der Waals surface area (Å²) in [6.45, 7) is 4.92. The van der Waals surface area contributed by atoms with E-state index in [1.807, 2.05) is 0 Å². The first kappa shape index (κ1) is 67.3. The molecule has 6 nitrogen and oxygen atoms in total. The lowest BCUT2D eigenvalue weighted by atomic mass is 10.0. The molecule has 6 heteroatoms. The average molecular weight is 973 g/mol. The lowest BCUT2D eigenvalue weighted by Crippen LogP contribution is -2.45. The second kappa shape index (κ2) is 58.9. The zero-order chi connectivity index (χ0) is 50.0. The van der Waals surface area contributed by atoms with Crippen molar-refractivity contribution in [2.24, 2.45) is 0 Å². The van der Waals surface area contributed by atoms with Crippen molar-refractivity contribution in [2.75, 3.05) is 13.2 Å². The van der Waals surface area contributed by atoms with Crippen molar-refractivity contribution in [3.63, 3.8) is 0 Å². The topological polar surface area (TPSA) is 95.9 Å². The SMILES string of the molecule is CCCCCC/C=C\CCCCCCCC(=O)OCCCCCC/C=C\CCCCCCCCCC(=O)NC(CO)C(O)CCCCCCCCCCCCCCCCCCCCCCCCCC. The van der Waals surface area contributed by atoms with Gasteiger partial charge in [0.25, 0.3) is 0 Å². The fraction of sp³-hybridized carbons (Fsp3) is 0.905. The summed E-state index contributed by atoms with van der Waals surface area (Å²) >= 11 is 0. The van der Waals surface area contributed by atoms with Crippen molar-refractivity contribution < 1.29 is 24.5 Å². The number of nitrogens with one attached hydrogen (secondary N) is 1. The zero-order valence-electron chi connectivity index (χ0n) is 46.6. The molecule has 0 aliphatic carbocycles. The summed E-state index contributed by atoms with van der Waals surface area (Å²) in [4.78, 5) is 24.5. The molecule has 0 aromatic rings. The van der Waals surface area contributed by atoms with Crippen LogP contribution in [0, 0.1) is 0 Å². The number of ether oxygens (including phenoxy) is 1. The standard InChI is InChI=1S/C63H121NO5/c1-3-5-7-9-11-13-15-17-18-19-20-21-22-23-24-25-26-28-32-35-39-43-47-51-55-61(66)60(59-65)64-62(67)56-52-48-44-40-36-33-29-27-30-34-38-42-46-50-54-58-69-63(68)57-53-49-45-41-37-31-16-14-12-10-8-6-4-2/h14,16,30,34,60-61,65-66H,3-13,15,17-29,31-33,35-59H2,1-2H3,(H,64,67)/b16-14-,34-30-. The molecule has 0 aromatic carbocycles. The minimum absolute atomic E-state index is 0.0185. The molecular formula is C63H121NO5. The maximum atomic E-state index is 12.5. The highest BCUT2D eigenvalue weighted by Gasteiger charge is 2.20. The molecule has 0 aromatic heterocycles. The van der Waals surface area contributed by atoms with E-state index in [2.05, 4.69) is 43.5 Å². The minimum Gasteiger partial charge on any atom is -0.466 e. The van der Waals surface area contributed by atoms with E-state index in [0.717, 1.165) is 70.6 Å². The van der Waals surface area contributed by atoms with E-state index in [-0.39, 0.29) is 18.5 Å². The number of carbonyl (C=O) groups excluding carboxylic acids is 2. The molecule has 0 aliphatic rings. The number of hydrogen-bond acceptors (Lipinski definition) is 5. The summed E-state index contributed by atoms with van der Waals surface area (Å²) in [6.07, 6.45) is 71.8. The first-order valence-electron chi connectivity index (χ1n) is 31.1. The highest BCUT2D eigenvalue weighted by molar-refractivity contribution is 5.76. The number of esters is 1. The Kier molecular flexibility index (Phi) is 57.5. The zero-order valence-corrected chi connectivity index (χ0v) is 46.6. The van der Waals surface area contributed by atoms with Crippen LogP contribution < -0.4 is 5.32 Å². The number of rotatable bonds is 58. The molecule has 0 radical (unpaired) electrons. The summed E-state index contributed by atoms with van der Waals surface area (Å²) in [7, 11) is 0. The first-order valence-corrected chi connectivity index (χ1v) is 31.1.